The second kappa shape index (κ2) is 5.69. The van der Waals surface area contributed by atoms with E-state index in [4.69, 9.17) is 0 Å². The van der Waals surface area contributed by atoms with Crippen molar-refractivity contribution in [2.24, 2.45) is 0 Å². The van der Waals surface area contributed by atoms with Crippen molar-refractivity contribution in [1.82, 2.24) is 15.1 Å². The Bertz CT molecular complexity index is 159. The molecule has 1 N–H and O–H groups in total. The third-order valence-electron chi connectivity index (χ3n) is 3.24. The van der Waals surface area contributed by atoms with E-state index >= 15 is 0 Å². The third-order valence-corrected chi connectivity index (χ3v) is 3.24. The van der Waals surface area contributed by atoms with Crippen LogP contribution in [0.5, 0.6) is 0 Å². The number of hydrogen-bond donors (Lipinski definition) is 1. The summed E-state index contributed by atoms with van der Waals surface area (Å²) in [5.74, 6) is 0. The summed E-state index contributed by atoms with van der Waals surface area (Å²) in [5, 5.41) is 3.41. The van der Waals surface area contributed by atoms with Crippen molar-refractivity contribution >= 4 is 0 Å². The van der Waals surface area contributed by atoms with E-state index in [0.717, 1.165) is 19.1 Å². The molecule has 1 fully saturated rings. The van der Waals surface area contributed by atoms with Crippen LogP contribution in [-0.4, -0.2) is 62.2 Å². The molecule has 1 aliphatic heterocycles. The predicted molar refractivity (Wildman–Crippen MR) is 61.7 cm³/mol. The molecule has 1 saturated heterocycles. The number of nitrogens with zero attached hydrogens (tertiary/aromatic N) is 2. The van der Waals surface area contributed by atoms with Crippen LogP contribution in [0.3, 0.4) is 0 Å². The van der Waals surface area contributed by atoms with Gasteiger partial charge in [-0.05, 0) is 34.0 Å². The van der Waals surface area contributed by atoms with Gasteiger partial charge < -0.3 is 10.2 Å². The normalized spacial score (nSPS) is 25.9. The average Bonchev–Trinajstić information content (AvgIpc) is 2.62. The zero-order valence-electron chi connectivity index (χ0n) is 10.1. The molecule has 3 heteroatoms. The van der Waals surface area contributed by atoms with Crippen LogP contribution in [0, 0.1) is 0 Å². The van der Waals surface area contributed by atoms with E-state index in [9.17, 15) is 0 Å². The van der Waals surface area contributed by atoms with Gasteiger partial charge in [-0.15, -0.1) is 0 Å². The molecule has 1 heterocycles. The van der Waals surface area contributed by atoms with E-state index in [1.54, 1.807) is 0 Å². The van der Waals surface area contributed by atoms with Gasteiger partial charge in [0.05, 0.1) is 0 Å². The maximum Gasteiger partial charge on any atom is 0.0229 e. The van der Waals surface area contributed by atoms with E-state index < -0.39 is 0 Å². The highest BCUT2D eigenvalue weighted by Gasteiger charge is 2.26. The Kier molecular flexibility index (Phi) is 4.85. The summed E-state index contributed by atoms with van der Waals surface area (Å²) >= 11 is 0. The van der Waals surface area contributed by atoms with Gasteiger partial charge in [0, 0.05) is 31.7 Å². The number of likely N-dealkylation sites (tertiary alicyclic amines) is 1. The molecular formula is C11H25N3. The first kappa shape index (κ1) is 12.0. The molecule has 84 valence electrons. The van der Waals surface area contributed by atoms with Gasteiger partial charge >= 0.3 is 0 Å². The highest BCUT2D eigenvalue weighted by atomic mass is 15.3. The van der Waals surface area contributed by atoms with Crippen molar-refractivity contribution in [1.29, 1.82) is 0 Å². The van der Waals surface area contributed by atoms with Crippen molar-refractivity contribution in [3.05, 3.63) is 0 Å². The molecule has 0 amide bonds. The first-order valence-corrected chi connectivity index (χ1v) is 5.76. The topological polar surface area (TPSA) is 18.5 Å². The molecule has 0 spiro atoms. The summed E-state index contributed by atoms with van der Waals surface area (Å²) < 4.78 is 0. The first-order chi connectivity index (χ1) is 6.65. The summed E-state index contributed by atoms with van der Waals surface area (Å²) in [7, 11) is 4.37. The molecule has 0 aromatic rings. The Balaban J connectivity index is 2.26. The quantitative estimate of drug-likeness (QED) is 0.700. The molecule has 3 nitrogen and oxygen atoms in total. The van der Waals surface area contributed by atoms with Crippen LogP contribution in [0.15, 0.2) is 0 Å². The summed E-state index contributed by atoms with van der Waals surface area (Å²) in [6.45, 7) is 9.18. The minimum absolute atomic E-state index is 0.680. The lowest BCUT2D eigenvalue weighted by Crippen LogP contribution is -2.40. The first-order valence-electron chi connectivity index (χ1n) is 5.76. The van der Waals surface area contributed by atoms with Crippen molar-refractivity contribution in [2.75, 3.05) is 40.3 Å². The van der Waals surface area contributed by atoms with Crippen molar-refractivity contribution in [2.45, 2.75) is 32.4 Å². The fraction of sp³-hybridized carbons (Fsp3) is 1.00. The van der Waals surface area contributed by atoms with Crippen LogP contribution >= 0.6 is 0 Å². The summed E-state index contributed by atoms with van der Waals surface area (Å²) in [5.41, 5.74) is 0. The molecule has 1 rings (SSSR count). The largest absolute Gasteiger partial charge is 0.315 e. The molecule has 0 bridgehead atoms. The molecule has 0 saturated carbocycles. The Hall–Kier alpha value is -0.120. The lowest BCUT2D eigenvalue weighted by Gasteiger charge is -2.25. The van der Waals surface area contributed by atoms with Crippen molar-refractivity contribution < 1.29 is 0 Å². The second-order valence-corrected chi connectivity index (χ2v) is 4.56. The molecule has 0 aliphatic carbocycles. The summed E-state index contributed by atoms with van der Waals surface area (Å²) in [4.78, 5) is 4.94. The molecular weight excluding hydrogens is 174 g/mol. The van der Waals surface area contributed by atoms with Gasteiger partial charge in [-0.25, -0.2) is 0 Å². The van der Waals surface area contributed by atoms with Gasteiger partial charge in [0.25, 0.3) is 0 Å². The predicted octanol–water partition coefficient (Wildman–Crippen LogP) is 0.620. The summed E-state index contributed by atoms with van der Waals surface area (Å²) in [6.07, 6.45) is 1.32. The maximum absolute atomic E-state index is 3.41. The second-order valence-electron chi connectivity index (χ2n) is 4.56. The minimum atomic E-state index is 0.680. The van der Waals surface area contributed by atoms with Crippen molar-refractivity contribution in [3.8, 4) is 0 Å². The van der Waals surface area contributed by atoms with Crippen LogP contribution in [0.4, 0.5) is 0 Å². The number of rotatable bonds is 5. The van der Waals surface area contributed by atoms with E-state index in [-0.39, 0.29) is 0 Å². The highest BCUT2D eigenvalue weighted by molar-refractivity contribution is 4.84. The molecule has 0 aromatic carbocycles. The monoisotopic (exact) mass is 199 g/mol. The van der Waals surface area contributed by atoms with Gasteiger partial charge in [0.2, 0.25) is 0 Å². The molecule has 2 unspecified atom stereocenters. The van der Waals surface area contributed by atoms with Crippen LogP contribution in [0.25, 0.3) is 0 Å². The molecule has 2 atom stereocenters. The van der Waals surface area contributed by atoms with E-state index in [1.165, 1.54) is 19.5 Å². The molecule has 0 aromatic heterocycles. The van der Waals surface area contributed by atoms with Gasteiger partial charge in [0.15, 0.2) is 0 Å². The standard InChI is InChI=1S/C11H25N3/c1-5-12-8-10(2)14-7-6-11(9-14)13(3)4/h10-12H,5-9H2,1-4H3. The van der Waals surface area contributed by atoms with Crippen LogP contribution in [0.1, 0.15) is 20.3 Å². The fourth-order valence-electron chi connectivity index (χ4n) is 2.07. The zero-order valence-corrected chi connectivity index (χ0v) is 10.1. The van der Waals surface area contributed by atoms with Gasteiger partial charge in [0.1, 0.15) is 0 Å². The smallest absolute Gasteiger partial charge is 0.0229 e. The van der Waals surface area contributed by atoms with E-state index in [1.807, 2.05) is 0 Å². The van der Waals surface area contributed by atoms with Gasteiger partial charge in [-0.3, -0.25) is 4.90 Å². The Morgan fingerprint density at radius 1 is 1.50 bits per heavy atom. The molecule has 14 heavy (non-hydrogen) atoms. The van der Waals surface area contributed by atoms with Crippen LogP contribution in [0.2, 0.25) is 0 Å². The fourth-order valence-corrected chi connectivity index (χ4v) is 2.07. The van der Waals surface area contributed by atoms with Crippen molar-refractivity contribution in [3.63, 3.8) is 0 Å². The molecule has 1 aliphatic rings. The lowest BCUT2D eigenvalue weighted by molar-refractivity contribution is 0.223. The Morgan fingerprint density at radius 2 is 2.21 bits per heavy atom. The van der Waals surface area contributed by atoms with E-state index in [0.29, 0.717) is 6.04 Å². The highest BCUT2D eigenvalue weighted by Crippen LogP contribution is 2.15. The van der Waals surface area contributed by atoms with Crippen LogP contribution < -0.4 is 5.32 Å². The number of hydrogen-bond acceptors (Lipinski definition) is 3. The van der Waals surface area contributed by atoms with Gasteiger partial charge in [-0.2, -0.15) is 0 Å². The number of nitrogens with one attached hydrogen (secondary N) is 1. The minimum Gasteiger partial charge on any atom is -0.315 e. The SMILES string of the molecule is CCNCC(C)N1CCC(N(C)C)C1. The Morgan fingerprint density at radius 3 is 2.71 bits per heavy atom. The van der Waals surface area contributed by atoms with Crippen LogP contribution in [-0.2, 0) is 0 Å². The zero-order chi connectivity index (χ0) is 10.6. The molecule has 0 radical (unpaired) electrons. The third kappa shape index (κ3) is 3.23. The van der Waals surface area contributed by atoms with Gasteiger partial charge in [-0.1, -0.05) is 6.92 Å². The Labute approximate surface area is 88.5 Å². The van der Waals surface area contributed by atoms with E-state index in [2.05, 4.69) is 43.1 Å². The average molecular weight is 199 g/mol. The maximum atomic E-state index is 3.41. The lowest BCUT2D eigenvalue weighted by atomic mass is 10.2. The summed E-state index contributed by atoms with van der Waals surface area (Å²) in [6, 6.07) is 1.44. The number of likely N-dealkylation sites (N-methyl/N-ethyl adjacent to an activating group) is 2.